The quantitative estimate of drug-likeness (QED) is 0.767. The maximum absolute atomic E-state index is 12.9. The summed E-state index contributed by atoms with van der Waals surface area (Å²) in [6, 6.07) is 11.8. The number of nitrogens with two attached hydrogens (primary N) is 1. The van der Waals surface area contributed by atoms with Crippen molar-refractivity contribution >= 4 is 17.4 Å². The topological polar surface area (TPSA) is 81.7 Å². The van der Waals surface area contributed by atoms with Gasteiger partial charge in [0.1, 0.15) is 0 Å². The van der Waals surface area contributed by atoms with E-state index in [2.05, 4.69) is 22.4 Å². The van der Waals surface area contributed by atoms with Gasteiger partial charge in [0, 0.05) is 6.20 Å². The number of aryl methyl sites for hydroxylation is 1. The summed E-state index contributed by atoms with van der Waals surface area (Å²) in [6.07, 6.45) is 3.64. The van der Waals surface area contributed by atoms with Gasteiger partial charge in [0.05, 0.1) is 12.6 Å². The molecule has 0 saturated heterocycles. The maximum atomic E-state index is 12.9. The zero-order chi connectivity index (χ0) is 17.4. The Bertz CT molecular complexity index is 948. The van der Waals surface area contributed by atoms with E-state index in [0.29, 0.717) is 23.7 Å². The van der Waals surface area contributed by atoms with Crippen molar-refractivity contribution in [1.82, 2.24) is 14.7 Å². The summed E-state index contributed by atoms with van der Waals surface area (Å²) in [5.74, 6) is 0.596. The molecule has 3 aromatic rings. The molecule has 1 atom stereocenters. The van der Waals surface area contributed by atoms with Gasteiger partial charge in [-0.05, 0) is 43.0 Å². The Hall–Kier alpha value is -3.02. The molecule has 0 spiro atoms. The number of amides is 1. The fourth-order valence-electron chi connectivity index (χ4n) is 3.49. The van der Waals surface area contributed by atoms with Crippen LogP contribution in [0.25, 0.3) is 5.65 Å². The average Bonchev–Trinajstić information content (AvgIpc) is 3.16. The maximum Gasteiger partial charge on any atom is 0.272 e. The third-order valence-electron chi connectivity index (χ3n) is 4.59. The third-order valence-corrected chi connectivity index (χ3v) is 4.59. The van der Waals surface area contributed by atoms with E-state index < -0.39 is 0 Å². The van der Waals surface area contributed by atoms with E-state index in [1.54, 1.807) is 10.6 Å². The Kier molecular flexibility index (Phi) is 3.80. The number of rotatable bonds is 4. The van der Waals surface area contributed by atoms with Crippen LogP contribution >= 0.6 is 0 Å². The summed E-state index contributed by atoms with van der Waals surface area (Å²) >= 11 is 0. The van der Waals surface area contributed by atoms with E-state index in [9.17, 15) is 4.79 Å². The molecule has 1 amide bonds. The van der Waals surface area contributed by atoms with Crippen molar-refractivity contribution in [3.63, 3.8) is 0 Å². The standard InChI is InChI=1S/C19H20N4O2/c1-2-25-15-8-5-11-23-16(17(20)22-18(15)23)19(24)21-14-10-9-12-6-3-4-7-13(12)14/h3-8,11,14H,2,9-10,20H2,1H3,(H,21,24)/t14-/m0/s1. The first-order valence-electron chi connectivity index (χ1n) is 8.47. The van der Waals surface area contributed by atoms with Crippen molar-refractivity contribution in [3.05, 3.63) is 59.4 Å². The Labute approximate surface area is 145 Å². The molecule has 0 unspecified atom stereocenters. The Morgan fingerprint density at radius 2 is 2.20 bits per heavy atom. The second-order valence-electron chi connectivity index (χ2n) is 6.11. The smallest absolute Gasteiger partial charge is 0.272 e. The van der Waals surface area contributed by atoms with Crippen LogP contribution in [-0.2, 0) is 6.42 Å². The first-order chi connectivity index (χ1) is 12.2. The van der Waals surface area contributed by atoms with Crippen LogP contribution in [0, 0.1) is 0 Å². The van der Waals surface area contributed by atoms with E-state index in [1.165, 1.54) is 11.1 Å². The molecule has 2 aromatic heterocycles. The molecule has 0 saturated carbocycles. The summed E-state index contributed by atoms with van der Waals surface area (Å²) in [4.78, 5) is 17.2. The first-order valence-corrected chi connectivity index (χ1v) is 8.47. The lowest BCUT2D eigenvalue weighted by Gasteiger charge is -2.14. The second-order valence-corrected chi connectivity index (χ2v) is 6.11. The van der Waals surface area contributed by atoms with Gasteiger partial charge in [-0.3, -0.25) is 9.20 Å². The molecule has 6 nitrogen and oxygen atoms in total. The molecular formula is C19H20N4O2. The van der Waals surface area contributed by atoms with Crippen LogP contribution in [0.5, 0.6) is 5.75 Å². The van der Waals surface area contributed by atoms with Gasteiger partial charge >= 0.3 is 0 Å². The van der Waals surface area contributed by atoms with Gasteiger partial charge in [0.25, 0.3) is 5.91 Å². The largest absolute Gasteiger partial charge is 0.490 e. The Morgan fingerprint density at radius 1 is 1.36 bits per heavy atom. The van der Waals surface area contributed by atoms with Crippen LogP contribution in [0.1, 0.15) is 41.0 Å². The minimum Gasteiger partial charge on any atom is -0.490 e. The molecule has 2 heterocycles. The summed E-state index contributed by atoms with van der Waals surface area (Å²) < 4.78 is 7.27. The molecule has 0 aliphatic heterocycles. The summed E-state index contributed by atoms with van der Waals surface area (Å²) in [7, 11) is 0. The molecule has 6 heteroatoms. The number of nitrogen functional groups attached to an aromatic ring is 1. The molecule has 128 valence electrons. The molecule has 4 rings (SSSR count). The lowest BCUT2D eigenvalue weighted by molar-refractivity contribution is 0.0932. The third kappa shape index (κ3) is 2.59. The number of imidazole rings is 1. The number of fused-ring (bicyclic) bond motifs is 2. The van der Waals surface area contributed by atoms with E-state index in [1.807, 2.05) is 31.2 Å². The molecule has 0 bridgehead atoms. The molecule has 3 N–H and O–H groups in total. The van der Waals surface area contributed by atoms with Gasteiger partial charge in [-0.1, -0.05) is 24.3 Å². The number of nitrogens with zero attached hydrogens (tertiary/aromatic N) is 2. The fraction of sp³-hybridized carbons (Fsp3) is 0.263. The lowest BCUT2D eigenvalue weighted by Crippen LogP contribution is -2.28. The van der Waals surface area contributed by atoms with Gasteiger partial charge in [-0.15, -0.1) is 0 Å². The summed E-state index contributed by atoms with van der Waals surface area (Å²) in [5.41, 5.74) is 9.41. The Morgan fingerprint density at radius 3 is 3.04 bits per heavy atom. The molecule has 1 aromatic carbocycles. The van der Waals surface area contributed by atoms with Crippen LogP contribution < -0.4 is 15.8 Å². The lowest BCUT2D eigenvalue weighted by atomic mass is 10.1. The summed E-state index contributed by atoms with van der Waals surface area (Å²) in [6.45, 7) is 2.42. The van der Waals surface area contributed by atoms with Crippen molar-refractivity contribution in [2.75, 3.05) is 12.3 Å². The zero-order valence-corrected chi connectivity index (χ0v) is 14.0. The summed E-state index contributed by atoms with van der Waals surface area (Å²) in [5, 5.41) is 3.10. The molecule has 0 fully saturated rings. The molecular weight excluding hydrogens is 316 g/mol. The molecule has 0 radical (unpaired) electrons. The number of carbonyl (C=O) groups excluding carboxylic acids is 1. The van der Waals surface area contributed by atoms with Crippen LogP contribution in [0.15, 0.2) is 42.6 Å². The number of anilines is 1. The van der Waals surface area contributed by atoms with E-state index in [-0.39, 0.29) is 17.8 Å². The van der Waals surface area contributed by atoms with Crippen molar-refractivity contribution in [3.8, 4) is 5.75 Å². The molecule has 1 aliphatic carbocycles. The van der Waals surface area contributed by atoms with Crippen molar-refractivity contribution in [2.24, 2.45) is 0 Å². The van der Waals surface area contributed by atoms with Crippen LogP contribution in [-0.4, -0.2) is 21.9 Å². The van der Waals surface area contributed by atoms with Crippen molar-refractivity contribution < 1.29 is 9.53 Å². The van der Waals surface area contributed by atoms with Crippen LogP contribution in [0.2, 0.25) is 0 Å². The number of pyridine rings is 1. The minimum atomic E-state index is -0.222. The molecule has 1 aliphatic rings. The monoisotopic (exact) mass is 336 g/mol. The minimum absolute atomic E-state index is 0.00345. The van der Waals surface area contributed by atoms with Gasteiger partial charge in [0.2, 0.25) is 0 Å². The normalized spacial score (nSPS) is 16.0. The highest BCUT2D eigenvalue weighted by Crippen LogP contribution is 2.31. The molecule has 25 heavy (non-hydrogen) atoms. The van der Waals surface area contributed by atoms with E-state index in [0.717, 1.165) is 12.8 Å². The number of ether oxygens (including phenoxy) is 1. The van der Waals surface area contributed by atoms with Gasteiger partial charge in [-0.2, -0.15) is 0 Å². The first kappa shape index (κ1) is 15.5. The number of nitrogens with one attached hydrogen (secondary N) is 1. The SMILES string of the molecule is CCOc1cccn2c(C(=O)N[C@H]3CCc4ccccc43)c(N)nc12. The average molecular weight is 336 g/mol. The predicted octanol–water partition coefficient (Wildman–Crippen LogP) is 2.73. The van der Waals surface area contributed by atoms with Crippen molar-refractivity contribution in [1.29, 1.82) is 0 Å². The fourth-order valence-corrected chi connectivity index (χ4v) is 3.49. The number of carbonyl (C=O) groups is 1. The highest BCUT2D eigenvalue weighted by Gasteiger charge is 2.26. The van der Waals surface area contributed by atoms with Crippen LogP contribution in [0.3, 0.4) is 0 Å². The highest BCUT2D eigenvalue weighted by molar-refractivity contribution is 5.98. The van der Waals surface area contributed by atoms with Crippen LogP contribution in [0.4, 0.5) is 5.82 Å². The van der Waals surface area contributed by atoms with Crippen molar-refractivity contribution in [2.45, 2.75) is 25.8 Å². The zero-order valence-electron chi connectivity index (χ0n) is 14.0. The number of hydrogen-bond acceptors (Lipinski definition) is 4. The predicted molar refractivity (Wildman–Crippen MR) is 95.7 cm³/mol. The van der Waals surface area contributed by atoms with Gasteiger partial charge in [0.15, 0.2) is 22.9 Å². The number of benzene rings is 1. The second kappa shape index (κ2) is 6.12. The van der Waals surface area contributed by atoms with E-state index in [4.69, 9.17) is 10.5 Å². The Balaban J connectivity index is 1.67. The number of hydrogen-bond donors (Lipinski definition) is 2. The highest BCUT2D eigenvalue weighted by atomic mass is 16.5. The van der Waals surface area contributed by atoms with Gasteiger partial charge in [-0.25, -0.2) is 4.98 Å². The van der Waals surface area contributed by atoms with Gasteiger partial charge < -0.3 is 15.8 Å². The van der Waals surface area contributed by atoms with E-state index >= 15 is 0 Å². The number of aromatic nitrogens is 2.